The SMILES string of the molecule is FC(F)(F)c1cccc(CCNc2ccnc(-c3cncc(C(F)(F)F)c3)n2)c1. The van der Waals surface area contributed by atoms with Gasteiger partial charge in [0.2, 0.25) is 0 Å². The van der Waals surface area contributed by atoms with E-state index in [1.54, 1.807) is 6.07 Å². The molecule has 10 heteroatoms. The Morgan fingerprint density at radius 1 is 0.862 bits per heavy atom. The molecule has 0 saturated carbocycles. The second-order valence-corrected chi connectivity index (χ2v) is 6.10. The number of aromatic nitrogens is 3. The number of halogens is 6. The second-order valence-electron chi connectivity index (χ2n) is 6.10. The van der Waals surface area contributed by atoms with E-state index in [4.69, 9.17) is 0 Å². The maximum Gasteiger partial charge on any atom is 0.417 e. The van der Waals surface area contributed by atoms with Crippen LogP contribution < -0.4 is 5.32 Å². The van der Waals surface area contributed by atoms with E-state index in [1.165, 1.54) is 24.5 Å². The van der Waals surface area contributed by atoms with Crippen LogP contribution in [0.2, 0.25) is 0 Å². The van der Waals surface area contributed by atoms with Gasteiger partial charge in [0.1, 0.15) is 5.82 Å². The average molecular weight is 412 g/mol. The molecule has 0 atom stereocenters. The summed E-state index contributed by atoms with van der Waals surface area (Å²) >= 11 is 0. The smallest absolute Gasteiger partial charge is 0.370 e. The van der Waals surface area contributed by atoms with Gasteiger partial charge >= 0.3 is 12.4 Å². The lowest BCUT2D eigenvalue weighted by Gasteiger charge is -2.10. The number of benzene rings is 1. The van der Waals surface area contributed by atoms with Gasteiger partial charge in [-0.2, -0.15) is 26.3 Å². The molecule has 1 N–H and O–H groups in total. The molecule has 0 aliphatic carbocycles. The minimum atomic E-state index is -4.54. The molecule has 0 bridgehead atoms. The number of hydrogen-bond acceptors (Lipinski definition) is 4. The lowest BCUT2D eigenvalue weighted by Crippen LogP contribution is -2.09. The number of nitrogens with zero attached hydrogens (tertiary/aromatic N) is 3. The van der Waals surface area contributed by atoms with E-state index in [-0.39, 0.29) is 17.9 Å². The van der Waals surface area contributed by atoms with Crippen LogP contribution in [0.25, 0.3) is 11.4 Å². The summed E-state index contributed by atoms with van der Waals surface area (Å²) in [5.41, 5.74) is -1.05. The maximum atomic E-state index is 12.8. The van der Waals surface area contributed by atoms with Crippen molar-refractivity contribution in [3.05, 3.63) is 71.7 Å². The van der Waals surface area contributed by atoms with Gasteiger partial charge in [-0.25, -0.2) is 9.97 Å². The lowest BCUT2D eigenvalue weighted by molar-refractivity contribution is -0.138. The molecule has 2 aromatic heterocycles. The molecule has 0 unspecified atom stereocenters. The van der Waals surface area contributed by atoms with E-state index in [0.717, 1.165) is 18.2 Å². The van der Waals surface area contributed by atoms with Gasteiger partial charge in [-0.05, 0) is 30.2 Å². The van der Waals surface area contributed by atoms with Crippen molar-refractivity contribution < 1.29 is 26.3 Å². The van der Waals surface area contributed by atoms with Crippen LogP contribution in [0, 0.1) is 0 Å². The average Bonchev–Trinajstić information content (AvgIpc) is 2.67. The lowest BCUT2D eigenvalue weighted by atomic mass is 10.1. The normalized spacial score (nSPS) is 12.1. The molecule has 3 aromatic rings. The van der Waals surface area contributed by atoms with Crippen molar-refractivity contribution in [2.75, 3.05) is 11.9 Å². The van der Waals surface area contributed by atoms with Crippen molar-refractivity contribution in [2.45, 2.75) is 18.8 Å². The van der Waals surface area contributed by atoms with E-state index in [9.17, 15) is 26.3 Å². The van der Waals surface area contributed by atoms with Gasteiger partial charge in [0, 0.05) is 30.7 Å². The fourth-order valence-corrected chi connectivity index (χ4v) is 2.55. The Labute approximate surface area is 161 Å². The van der Waals surface area contributed by atoms with E-state index in [0.29, 0.717) is 24.0 Å². The van der Waals surface area contributed by atoms with Crippen LogP contribution >= 0.6 is 0 Å². The predicted octanol–water partition coefficient (Wildman–Crippen LogP) is 5.23. The van der Waals surface area contributed by atoms with Gasteiger partial charge < -0.3 is 5.32 Å². The zero-order chi connectivity index (χ0) is 21.1. The van der Waals surface area contributed by atoms with E-state index in [2.05, 4.69) is 20.3 Å². The van der Waals surface area contributed by atoms with Gasteiger partial charge in [0.25, 0.3) is 0 Å². The van der Waals surface area contributed by atoms with Gasteiger partial charge in [-0.3, -0.25) is 4.98 Å². The number of anilines is 1. The Morgan fingerprint density at radius 3 is 2.34 bits per heavy atom. The molecule has 0 aliphatic rings. The Balaban J connectivity index is 1.68. The summed E-state index contributed by atoms with van der Waals surface area (Å²) in [6.45, 7) is 0.276. The van der Waals surface area contributed by atoms with Crippen molar-refractivity contribution in [3.63, 3.8) is 0 Å². The largest absolute Gasteiger partial charge is 0.417 e. The third kappa shape index (κ3) is 5.43. The van der Waals surface area contributed by atoms with Gasteiger partial charge in [0.15, 0.2) is 5.82 Å². The van der Waals surface area contributed by atoms with Crippen LogP contribution in [-0.2, 0) is 18.8 Å². The highest BCUT2D eigenvalue weighted by molar-refractivity contribution is 5.56. The highest BCUT2D eigenvalue weighted by Crippen LogP contribution is 2.31. The Morgan fingerprint density at radius 2 is 1.62 bits per heavy atom. The van der Waals surface area contributed by atoms with Crippen molar-refractivity contribution in [1.29, 1.82) is 0 Å². The highest BCUT2D eigenvalue weighted by Gasteiger charge is 2.31. The van der Waals surface area contributed by atoms with E-state index >= 15 is 0 Å². The third-order valence-corrected chi connectivity index (χ3v) is 3.95. The van der Waals surface area contributed by atoms with E-state index < -0.39 is 23.5 Å². The molecular weight excluding hydrogens is 398 g/mol. The molecule has 29 heavy (non-hydrogen) atoms. The molecule has 3 rings (SSSR count). The fraction of sp³-hybridized carbons (Fsp3) is 0.211. The summed E-state index contributed by atoms with van der Waals surface area (Å²) in [6, 6.07) is 7.39. The first-order valence-electron chi connectivity index (χ1n) is 8.38. The summed E-state index contributed by atoms with van der Waals surface area (Å²) in [5, 5.41) is 2.93. The molecule has 0 saturated heterocycles. The summed E-state index contributed by atoms with van der Waals surface area (Å²) in [4.78, 5) is 11.7. The minimum absolute atomic E-state index is 0.0488. The number of nitrogens with one attached hydrogen (secondary N) is 1. The van der Waals surface area contributed by atoms with Crippen molar-refractivity contribution in [2.24, 2.45) is 0 Å². The summed E-state index contributed by atoms with van der Waals surface area (Å²) in [5.74, 6) is 0.382. The summed E-state index contributed by atoms with van der Waals surface area (Å²) < 4.78 is 76.8. The summed E-state index contributed by atoms with van der Waals surface area (Å²) in [7, 11) is 0. The highest BCUT2D eigenvalue weighted by atomic mass is 19.4. The molecule has 0 radical (unpaired) electrons. The van der Waals surface area contributed by atoms with Crippen LogP contribution in [0.15, 0.2) is 55.0 Å². The predicted molar refractivity (Wildman–Crippen MR) is 93.9 cm³/mol. The molecular formula is C19H14F6N4. The molecule has 0 fully saturated rings. The summed E-state index contributed by atoms with van der Waals surface area (Å²) in [6.07, 6.45) is -5.35. The Hall–Kier alpha value is -3.17. The van der Waals surface area contributed by atoms with Crippen LogP contribution in [0.1, 0.15) is 16.7 Å². The van der Waals surface area contributed by atoms with Crippen molar-refractivity contribution in [3.8, 4) is 11.4 Å². The second kappa shape index (κ2) is 8.06. The Bertz CT molecular complexity index is 985. The topological polar surface area (TPSA) is 50.7 Å². The standard InChI is InChI=1S/C19H14F6N4/c20-18(21,22)14-3-1-2-12(8-14)4-6-27-16-5-7-28-17(29-16)13-9-15(11-26-10-13)19(23,24)25/h1-3,5,7-11H,4,6H2,(H,27,28,29). The number of rotatable bonds is 5. The third-order valence-electron chi connectivity index (χ3n) is 3.95. The number of hydrogen-bond donors (Lipinski definition) is 1. The van der Waals surface area contributed by atoms with Crippen LogP contribution in [0.3, 0.4) is 0 Å². The molecule has 1 aromatic carbocycles. The van der Waals surface area contributed by atoms with E-state index in [1.807, 2.05) is 0 Å². The zero-order valence-corrected chi connectivity index (χ0v) is 14.7. The maximum absolute atomic E-state index is 12.8. The van der Waals surface area contributed by atoms with Gasteiger partial charge in [0.05, 0.1) is 11.1 Å². The van der Waals surface area contributed by atoms with Crippen molar-refractivity contribution >= 4 is 5.82 Å². The van der Waals surface area contributed by atoms with Crippen LogP contribution in [0.5, 0.6) is 0 Å². The van der Waals surface area contributed by atoms with Gasteiger partial charge in [-0.1, -0.05) is 18.2 Å². The van der Waals surface area contributed by atoms with Crippen LogP contribution in [0.4, 0.5) is 32.2 Å². The number of pyridine rings is 1. The Kier molecular flexibility index (Phi) is 5.71. The molecule has 152 valence electrons. The van der Waals surface area contributed by atoms with Crippen molar-refractivity contribution in [1.82, 2.24) is 15.0 Å². The molecule has 0 spiro atoms. The first kappa shape index (κ1) is 20.6. The molecule has 4 nitrogen and oxygen atoms in total. The first-order valence-corrected chi connectivity index (χ1v) is 8.38. The van der Waals surface area contributed by atoms with Gasteiger partial charge in [-0.15, -0.1) is 0 Å². The quantitative estimate of drug-likeness (QED) is 0.583. The first-order chi connectivity index (χ1) is 13.6. The van der Waals surface area contributed by atoms with Crippen LogP contribution in [-0.4, -0.2) is 21.5 Å². The molecule has 0 aliphatic heterocycles. The zero-order valence-electron chi connectivity index (χ0n) is 14.7. The minimum Gasteiger partial charge on any atom is -0.370 e. The molecule has 0 amide bonds. The number of alkyl halides is 6. The monoisotopic (exact) mass is 412 g/mol. The molecule has 2 heterocycles. The fourth-order valence-electron chi connectivity index (χ4n) is 2.55.